The molecule has 0 spiro atoms. The molecular weight excluding hydrogens is 524 g/mol. The largest absolute Gasteiger partial charge is 0.497 e. The monoisotopic (exact) mass is 544 g/mol. The van der Waals surface area contributed by atoms with Crippen molar-refractivity contribution in [3.63, 3.8) is 0 Å². The highest BCUT2D eigenvalue weighted by molar-refractivity contribution is 7.99. The zero-order valence-corrected chi connectivity index (χ0v) is 20.6. The van der Waals surface area contributed by atoms with E-state index in [4.69, 9.17) is 15.2 Å². The maximum absolute atomic E-state index is 13.5. The van der Waals surface area contributed by atoms with Crippen molar-refractivity contribution < 1.29 is 31.8 Å². The number of thioether (sulfide) groups is 1. The molecule has 7 nitrogen and oxygen atoms in total. The zero-order chi connectivity index (χ0) is 27.3. The van der Waals surface area contributed by atoms with Gasteiger partial charge < -0.3 is 20.5 Å². The van der Waals surface area contributed by atoms with E-state index in [0.717, 1.165) is 17.8 Å². The molecule has 3 N–H and O–H groups in total. The van der Waals surface area contributed by atoms with E-state index in [0.29, 0.717) is 28.5 Å². The number of benzene rings is 3. The molecule has 0 bridgehead atoms. The third kappa shape index (κ3) is 7.13. The fourth-order valence-corrected chi connectivity index (χ4v) is 3.92. The predicted octanol–water partition coefficient (Wildman–Crippen LogP) is 6.42. The summed E-state index contributed by atoms with van der Waals surface area (Å²) in [6, 6.07) is 17.1. The first-order chi connectivity index (χ1) is 18.1. The maximum Gasteiger partial charge on any atom is 0.433 e. The number of anilines is 2. The van der Waals surface area contributed by atoms with Crippen LogP contribution in [0.2, 0.25) is 0 Å². The van der Waals surface area contributed by atoms with E-state index >= 15 is 0 Å². The van der Waals surface area contributed by atoms with Crippen LogP contribution >= 0.6 is 11.8 Å². The lowest BCUT2D eigenvalue weighted by molar-refractivity contribution is -0.141. The number of rotatable bonds is 8. The number of hydrogen-bond acceptors (Lipinski definition) is 7. The molecule has 0 saturated heterocycles. The predicted molar refractivity (Wildman–Crippen MR) is 136 cm³/mol. The van der Waals surface area contributed by atoms with Gasteiger partial charge in [0, 0.05) is 29.1 Å². The Hall–Kier alpha value is -4.32. The van der Waals surface area contributed by atoms with Crippen molar-refractivity contribution >= 4 is 29.0 Å². The average molecular weight is 545 g/mol. The third-order valence-electron chi connectivity index (χ3n) is 4.98. The van der Waals surface area contributed by atoms with Gasteiger partial charge in [0.15, 0.2) is 5.16 Å². The van der Waals surface area contributed by atoms with Crippen molar-refractivity contribution in [2.75, 3.05) is 23.9 Å². The summed E-state index contributed by atoms with van der Waals surface area (Å²) in [5.74, 6) is -0.0228. The molecule has 38 heavy (non-hydrogen) atoms. The fourth-order valence-electron chi connectivity index (χ4n) is 3.26. The molecule has 0 aliphatic rings. The van der Waals surface area contributed by atoms with Gasteiger partial charge in [0.1, 0.15) is 28.8 Å². The second-order valence-electron chi connectivity index (χ2n) is 7.83. The highest BCUT2D eigenvalue weighted by Gasteiger charge is 2.34. The molecule has 1 amide bonds. The molecule has 4 rings (SSSR count). The Bertz CT molecular complexity index is 1430. The maximum atomic E-state index is 13.5. The van der Waals surface area contributed by atoms with Gasteiger partial charge in [-0.15, -0.1) is 0 Å². The summed E-state index contributed by atoms with van der Waals surface area (Å²) in [4.78, 5) is 20.3. The summed E-state index contributed by atoms with van der Waals surface area (Å²) < 4.78 is 64.3. The second kappa shape index (κ2) is 11.4. The van der Waals surface area contributed by atoms with E-state index in [1.807, 2.05) is 0 Å². The van der Waals surface area contributed by atoms with Gasteiger partial charge in [0.05, 0.1) is 18.6 Å². The number of ether oxygens (including phenoxy) is 2. The first kappa shape index (κ1) is 26.7. The van der Waals surface area contributed by atoms with Crippen LogP contribution in [0.1, 0.15) is 5.69 Å². The van der Waals surface area contributed by atoms with Crippen LogP contribution in [-0.2, 0) is 11.0 Å². The minimum atomic E-state index is -4.70. The highest BCUT2D eigenvalue weighted by Crippen LogP contribution is 2.33. The Morgan fingerprint density at radius 2 is 1.63 bits per heavy atom. The van der Waals surface area contributed by atoms with Gasteiger partial charge in [-0.25, -0.2) is 14.4 Å². The Morgan fingerprint density at radius 3 is 2.29 bits per heavy atom. The Morgan fingerprint density at radius 1 is 0.947 bits per heavy atom. The second-order valence-corrected chi connectivity index (χ2v) is 8.77. The summed E-state index contributed by atoms with van der Waals surface area (Å²) in [7, 11) is 1.48. The van der Waals surface area contributed by atoms with Crippen molar-refractivity contribution in [3.8, 4) is 28.5 Å². The molecule has 12 heteroatoms. The molecule has 0 atom stereocenters. The number of methoxy groups -OCH3 is 1. The van der Waals surface area contributed by atoms with Gasteiger partial charge in [-0.2, -0.15) is 13.2 Å². The smallest absolute Gasteiger partial charge is 0.433 e. The SMILES string of the molecule is COc1ccc(-c2cc(C(F)(F)F)nc(SCC(=O)Nc3cc(N)cc(Oc4ccc(F)cc4)c3)n2)cc1. The zero-order valence-electron chi connectivity index (χ0n) is 19.8. The number of nitrogens with one attached hydrogen (secondary N) is 1. The lowest BCUT2D eigenvalue weighted by atomic mass is 10.1. The van der Waals surface area contributed by atoms with E-state index in [1.165, 1.54) is 49.6 Å². The molecular formula is C26H20F4N4O3S. The minimum absolute atomic E-state index is 0.0521. The van der Waals surface area contributed by atoms with Crippen LogP contribution in [0.15, 0.2) is 78.0 Å². The first-order valence-electron chi connectivity index (χ1n) is 11.0. The van der Waals surface area contributed by atoms with E-state index in [9.17, 15) is 22.4 Å². The molecule has 4 aromatic rings. The van der Waals surface area contributed by atoms with Gasteiger partial charge >= 0.3 is 6.18 Å². The Labute approximate surface area is 219 Å². The molecule has 0 aliphatic heterocycles. The van der Waals surface area contributed by atoms with Crippen molar-refractivity contribution in [2.45, 2.75) is 11.3 Å². The number of alkyl halides is 3. The van der Waals surface area contributed by atoms with Crippen LogP contribution < -0.4 is 20.5 Å². The van der Waals surface area contributed by atoms with Gasteiger partial charge in [-0.1, -0.05) is 11.8 Å². The van der Waals surface area contributed by atoms with Gasteiger partial charge in [0.2, 0.25) is 5.91 Å². The number of amides is 1. The number of nitrogen functional groups attached to an aromatic ring is 1. The Kier molecular flexibility index (Phi) is 8.01. The normalized spacial score (nSPS) is 11.2. The number of carbonyl (C=O) groups is 1. The van der Waals surface area contributed by atoms with Crippen molar-refractivity contribution in [3.05, 3.63) is 84.3 Å². The number of nitrogens with two attached hydrogens (primary N) is 1. The molecule has 3 aromatic carbocycles. The van der Waals surface area contributed by atoms with E-state index in [1.54, 1.807) is 24.3 Å². The number of nitrogens with zero attached hydrogens (tertiary/aromatic N) is 2. The van der Waals surface area contributed by atoms with Crippen LogP contribution in [0.4, 0.5) is 28.9 Å². The molecule has 196 valence electrons. The van der Waals surface area contributed by atoms with Gasteiger partial charge in [-0.3, -0.25) is 4.79 Å². The van der Waals surface area contributed by atoms with Crippen LogP contribution in [0.5, 0.6) is 17.2 Å². The lowest BCUT2D eigenvalue weighted by Gasteiger charge is -2.12. The van der Waals surface area contributed by atoms with Crippen molar-refractivity contribution in [2.24, 2.45) is 0 Å². The molecule has 0 fully saturated rings. The summed E-state index contributed by atoms with van der Waals surface area (Å²) in [6.45, 7) is 0. The third-order valence-corrected chi connectivity index (χ3v) is 5.82. The fraction of sp³-hybridized carbons (Fsp3) is 0.115. The summed E-state index contributed by atoms with van der Waals surface area (Å²) >= 11 is 0.750. The van der Waals surface area contributed by atoms with Crippen LogP contribution in [0.3, 0.4) is 0 Å². The lowest BCUT2D eigenvalue weighted by Crippen LogP contribution is -2.15. The number of aromatic nitrogens is 2. The molecule has 0 saturated carbocycles. The first-order valence-corrected chi connectivity index (χ1v) is 11.9. The topological polar surface area (TPSA) is 99.4 Å². The summed E-state index contributed by atoms with van der Waals surface area (Å²) in [6.07, 6.45) is -4.70. The van der Waals surface area contributed by atoms with E-state index in [2.05, 4.69) is 15.3 Å². The molecule has 1 heterocycles. The van der Waals surface area contributed by atoms with Crippen LogP contribution in [0.25, 0.3) is 11.3 Å². The summed E-state index contributed by atoms with van der Waals surface area (Å²) in [5.41, 5.74) is 5.84. The van der Waals surface area contributed by atoms with Crippen LogP contribution in [0, 0.1) is 5.82 Å². The van der Waals surface area contributed by atoms with E-state index in [-0.39, 0.29) is 22.3 Å². The number of halogens is 4. The number of carbonyl (C=O) groups excluding carboxylic acids is 1. The molecule has 0 radical (unpaired) electrons. The van der Waals surface area contributed by atoms with Gasteiger partial charge in [-0.05, 0) is 60.7 Å². The molecule has 0 unspecified atom stereocenters. The van der Waals surface area contributed by atoms with Gasteiger partial charge in [0.25, 0.3) is 0 Å². The molecule has 1 aromatic heterocycles. The minimum Gasteiger partial charge on any atom is -0.497 e. The summed E-state index contributed by atoms with van der Waals surface area (Å²) in [5, 5.41) is 2.41. The Balaban J connectivity index is 1.47. The van der Waals surface area contributed by atoms with Crippen LogP contribution in [-0.4, -0.2) is 28.7 Å². The quantitative estimate of drug-likeness (QED) is 0.114. The van der Waals surface area contributed by atoms with Crippen molar-refractivity contribution in [1.29, 1.82) is 0 Å². The van der Waals surface area contributed by atoms with Crippen molar-refractivity contribution in [1.82, 2.24) is 9.97 Å². The number of hydrogen-bond donors (Lipinski definition) is 2. The van der Waals surface area contributed by atoms with E-state index < -0.39 is 23.6 Å². The average Bonchev–Trinajstić information content (AvgIpc) is 2.88. The highest BCUT2D eigenvalue weighted by atomic mass is 32.2. The standard InChI is InChI=1S/C26H20F4N4O3S/c1-36-19-6-2-15(3-7-19)22-13-23(26(28,29)30)34-25(33-22)38-14-24(35)32-18-10-17(31)11-21(12-18)37-20-8-4-16(27)5-9-20/h2-13H,14,31H2,1H3,(H,32,35). The molecule has 0 aliphatic carbocycles.